The molecule has 1 atom stereocenters. The second-order valence-electron chi connectivity index (χ2n) is 4.79. The van der Waals surface area contributed by atoms with E-state index < -0.39 is 23.9 Å². The number of rotatable bonds is 6. The van der Waals surface area contributed by atoms with Crippen LogP contribution in [0.15, 0.2) is 47.1 Å². The molecule has 0 bridgehead atoms. The van der Waals surface area contributed by atoms with Crippen LogP contribution in [0, 0.1) is 0 Å². The molecule has 0 aliphatic heterocycles. The first kappa shape index (κ1) is 17.6. The van der Waals surface area contributed by atoms with Crippen molar-refractivity contribution in [1.82, 2.24) is 5.32 Å². The summed E-state index contributed by atoms with van der Waals surface area (Å²) in [6, 6.07) is 9.58. The molecule has 2 N–H and O–H groups in total. The van der Waals surface area contributed by atoms with Gasteiger partial charge in [0.25, 0.3) is 11.8 Å². The van der Waals surface area contributed by atoms with Crippen LogP contribution in [-0.2, 0) is 14.3 Å². The van der Waals surface area contributed by atoms with Crippen LogP contribution in [0.3, 0.4) is 0 Å². The number of esters is 1. The van der Waals surface area contributed by atoms with Gasteiger partial charge in [0.2, 0.25) is 0 Å². The average Bonchev–Trinajstić information content (AvgIpc) is 3.07. The highest BCUT2D eigenvalue weighted by atomic mass is 35.5. The number of amides is 2. The van der Waals surface area contributed by atoms with Crippen molar-refractivity contribution in [3.05, 3.63) is 53.4 Å². The van der Waals surface area contributed by atoms with Gasteiger partial charge < -0.3 is 19.8 Å². The Morgan fingerprint density at radius 1 is 1.25 bits per heavy atom. The summed E-state index contributed by atoms with van der Waals surface area (Å²) in [7, 11) is 0. The van der Waals surface area contributed by atoms with Gasteiger partial charge in [-0.2, -0.15) is 0 Å². The monoisotopic (exact) mass is 350 g/mol. The number of hydrogen-bond donors (Lipinski definition) is 2. The van der Waals surface area contributed by atoms with Gasteiger partial charge in [-0.3, -0.25) is 14.4 Å². The predicted octanol–water partition coefficient (Wildman–Crippen LogP) is 2.23. The van der Waals surface area contributed by atoms with E-state index in [1.807, 2.05) is 0 Å². The molecule has 2 rings (SSSR count). The van der Waals surface area contributed by atoms with E-state index in [2.05, 4.69) is 10.6 Å². The highest BCUT2D eigenvalue weighted by Gasteiger charge is 2.19. The summed E-state index contributed by atoms with van der Waals surface area (Å²) in [5, 5.41) is 5.37. The van der Waals surface area contributed by atoms with Crippen LogP contribution < -0.4 is 10.6 Å². The molecule has 7 nitrogen and oxygen atoms in total. The number of ether oxygens (including phenoxy) is 1. The summed E-state index contributed by atoms with van der Waals surface area (Å²) in [5.41, 5.74) is 0.488. The zero-order valence-electron chi connectivity index (χ0n) is 12.7. The van der Waals surface area contributed by atoms with Crippen molar-refractivity contribution >= 4 is 35.1 Å². The van der Waals surface area contributed by atoms with Gasteiger partial charge in [0.05, 0.1) is 6.26 Å². The van der Waals surface area contributed by atoms with Crippen molar-refractivity contribution in [2.45, 2.75) is 13.0 Å². The van der Waals surface area contributed by atoms with Crippen molar-refractivity contribution in [1.29, 1.82) is 0 Å². The van der Waals surface area contributed by atoms with Crippen LogP contribution in [0.2, 0.25) is 5.02 Å². The Morgan fingerprint density at radius 2 is 2.04 bits per heavy atom. The quantitative estimate of drug-likeness (QED) is 0.778. The summed E-state index contributed by atoms with van der Waals surface area (Å²) in [5.74, 6) is -1.73. The Kier molecular flexibility index (Phi) is 5.97. The molecule has 0 saturated carbocycles. The molecule has 0 radical (unpaired) electrons. The smallest absolute Gasteiger partial charge is 0.326 e. The van der Waals surface area contributed by atoms with E-state index >= 15 is 0 Å². The molecule has 0 fully saturated rings. The summed E-state index contributed by atoms with van der Waals surface area (Å²) in [6.45, 7) is 1.04. The normalized spacial score (nSPS) is 11.4. The largest absolute Gasteiger partial charge is 0.459 e. The van der Waals surface area contributed by atoms with Crippen LogP contribution in [0.1, 0.15) is 17.5 Å². The molecule has 1 aromatic heterocycles. The van der Waals surface area contributed by atoms with E-state index in [0.717, 1.165) is 0 Å². The van der Waals surface area contributed by atoms with Gasteiger partial charge in [0.15, 0.2) is 11.9 Å². The van der Waals surface area contributed by atoms with E-state index in [-0.39, 0.29) is 12.3 Å². The first-order valence-electron chi connectivity index (χ1n) is 7.03. The third kappa shape index (κ3) is 5.13. The van der Waals surface area contributed by atoms with Gasteiger partial charge in [-0.1, -0.05) is 17.7 Å². The van der Waals surface area contributed by atoms with Crippen molar-refractivity contribution in [2.75, 3.05) is 11.9 Å². The Morgan fingerprint density at radius 3 is 2.71 bits per heavy atom. The van der Waals surface area contributed by atoms with Gasteiger partial charge in [0, 0.05) is 10.7 Å². The summed E-state index contributed by atoms with van der Waals surface area (Å²) in [4.78, 5) is 35.2. The van der Waals surface area contributed by atoms with Gasteiger partial charge in [-0.05, 0) is 37.3 Å². The molecule has 0 spiro atoms. The summed E-state index contributed by atoms with van der Waals surface area (Å²) < 4.78 is 9.84. The SMILES string of the molecule is C[C@H](OC(=O)CNC(=O)c1ccco1)C(=O)Nc1cccc(Cl)c1. The molecule has 2 amide bonds. The zero-order valence-corrected chi connectivity index (χ0v) is 13.5. The molecule has 0 unspecified atom stereocenters. The third-order valence-corrected chi connectivity index (χ3v) is 3.14. The molecule has 1 aromatic carbocycles. The number of benzene rings is 1. The van der Waals surface area contributed by atoms with Crippen LogP contribution in [0.5, 0.6) is 0 Å². The lowest BCUT2D eigenvalue weighted by molar-refractivity contribution is -0.152. The molecule has 2 aromatic rings. The number of halogens is 1. The van der Waals surface area contributed by atoms with Crippen molar-refractivity contribution < 1.29 is 23.5 Å². The topological polar surface area (TPSA) is 97.6 Å². The highest BCUT2D eigenvalue weighted by molar-refractivity contribution is 6.30. The van der Waals surface area contributed by atoms with E-state index in [1.165, 1.54) is 19.3 Å². The lowest BCUT2D eigenvalue weighted by atomic mass is 10.3. The second-order valence-corrected chi connectivity index (χ2v) is 5.23. The van der Waals surface area contributed by atoms with E-state index in [4.69, 9.17) is 20.8 Å². The Bertz CT molecular complexity index is 730. The fourth-order valence-corrected chi connectivity index (χ4v) is 1.94. The molecule has 1 heterocycles. The Labute approximate surface area is 142 Å². The van der Waals surface area contributed by atoms with Gasteiger partial charge in [-0.25, -0.2) is 0 Å². The summed E-state index contributed by atoms with van der Waals surface area (Å²) >= 11 is 5.82. The Hall–Kier alpha value is -2.80. The van der Waals surface area contributed by atoms with Crippen LogP contribution in [-0.4, -0.2) is 30.4 Å². The first-order chi connectivity index (χ1) is 11.5. The molecule has 126 valence electrons. The van der Waals surface area contributed by atoms with E-state index in [0.29, 0.717) is 10.7 Å². The zero-order chi connectivity index (χ0) is 17.5. The maximum atomic E-state index is 12.0. The number of carbonyl (C=O) groups is 3. The fourth-order valence-electron chi connectivity index (χ4n) is 1.75. The van der Waals surface area contributed by atoms with Crippen LogP contribution >= 0.6 is 11.6 Å². The molecule has 0 saturated heterocycles. The maximum absolute atomic E-state index is 12.0. The summed E-state index contributed by atoms with van der Waals surface area (Å²) in [6.07, 6.45) is 0.312. The van der Waals surface area contributed by atoms with Gasteiger partial charge >= 0.3 is 5.97 Å². The molecule has 0 aliphatic carbocycles. The maximum Gasteiger partial charge on any atom is 0.326 e. The number of furan rings is 1. The van der Waals surface area contributed by atoms with E-state index in [9.17, 15) is 14.4 Å². The average molecular weight is 351 g/mol. The lowest BCUT2D eigenvalue weighted by Gasteiger charge is -2.13. The van der Waals surface area contributed by atoms with Gasteiger partial charge in [-0.15, -0.1) is 0 Å². The number of nitrogens with one attached hydrogen (secondary N) is 2. The molecule has 24 heavy (non-hydrogen) atoms. The molecule has 8 heteroatoms. The minimum absolute atomic E-state index is 0.0783. The predicted molar refractivity (Wildman–Crippen MR) is 86.7 cm³/mol. The second kappa shape index (κ2) is 8.16. The van der Waals surface area contributed by atoms with E-state index in [1.54, 1.807) is 30.3 Å². The van der Waals surface area contributed by atoms with Gasteiger partial charge in [0.1, 0.15) is 6.54 Å². The lowest BCUT2D eigenvalue weighted by Crippen LogP contribution is -2.35. The Balaban J connectivity index is 1.78. The number of hydrogen-bond acceptors (Lipinski definition) is 5. The number of anilines is 1. The number of carbonyl (C=O) groups excluding carboxylic acids is 3. The standard InChI is InChI=1S/C16H15ClN2O5/c1-10(15(21)19-12-5-2-4-11(17)8-12)24-14(20)9-18-16(22)13-6-3-7-23-13/h2-8,10H,9H2,1H3,(H,18,22)(H,19,21)/t10-/m0/s1. The highest BCUT2D eigenvalue weighted by Crippen LogP contribution is 2.15. The van der Waals surface area contributed by atoms with Crippen LogP contribution in [0.4, 0.5) is 5.69 Å². The minimum Gasteiger partial charge on any atom is -0.459 e. The van der Waals surface area contributed by atoms with Crippen molar-refractivity contribution in [3.8, 4) is 0 Å². The molecule has 0 aliphatic rings. The molecular weight excluding hydrogens is 336 g/mol. The van der Waals surface area contributed by atoms with Crippen LogP contribution in [0.25, 0.3) is 0 Å². The fraction of sp³-hybridized carbons (Fsp3) is 0.188. The van der Waals surface area contributed by atoms with Crippen molar-refractivity contribution in [3.63, 3.8) is 0 Å². The molecular formula is C16H15ClN2O5. The third-order valence-electron chi connectivity index (χ3n) is 2.91. The van der Waals surface area contributed by atoms with Crippen molar-refractivity contribution in [2.24, 2.45) is 0 Å². The minimum atomic E-state index is -1.03. The first-order valence-corrected chi connectivity index (χ1v) is 7.41.